The molecule has 0 atom stereocenters. The lowest BCUT2D eigenvalue weighted by Crippen LogP contribution is -2.25. The van der Waals surface area contributed by atoms with Gasteiger partial charge in [0.15, 0.2) is 11.6 Å². The van der Waals surface area contributed by atoms with Crippen molar-refractivity contribution >= 4 is 33.2 Å². The number of hydrogen-bond acceptors (Lipinski definition) is 4. The zero-order valence-electron chi connectivity index (χ0n) is 16.1. The van der Waals surface area contributed by atoms with Crippen molar-refractivity contribution in [3.8, 4) is 5.69 Å². The minimum Gasteiger partial charge on any atom is -0.293 e. The average Bonchev–Trinajstić information content (AvgIpc) is 3.04. The van der Waals surface area contributed by atoms with Gasteiger partial charge in [0.05, 0.1) is 17.9 Å². The van der Waals surface area contributed by atoms with Gasteiger partial charge in [0, 0.05) is 27.2 Å². The highest BCUT2D eigenvalue weighted by atomic mass is 79.9. The van der Waals surface area contributed by atoms with Crippen molar-refractivity contribution in [2.24, 2.45) is 4.99 Å². The molecule has 1 aliphatic rings. The molecule has 0 amide bonds. The quantitative estimate of drug-likeness (QED) is 0.474. The lowest BCUT2D eigenvalue weighted by molar-refractivity contribution is 0.301. The van der Waals surface area contributed by atoms with Gasteiger partial charge in [-0.25, -0.2) is 0 Å². The van der Waals surface area contributed by atoms with Crippen LogP contribution in [0.25, 0.3) is 5.69 Å². The summed E-state index contributed by atoms with van der Waals surface area (Å²) in [4.78, 5) is 7.15. The predicted molar refractivity (Wildman–Crippen MR) is 121 cm³/mol. The van der Waals surface area contributed by atoms with Crippen LogP contribution >= 0.6 is 27.5 Å². The van der Waals surface area contributed by atoms with Crippen LogP contribution in [0.1, 0.15) is 29.7 Å². The minimum atomic E-state index is 0.438. The fourth-order valence-electron chi connectivity index (χ4n) is 3.53. The van der Waals surface area contributed by atoms with Crippen LogP contribution in [0.3, 0.4) is 0 Å². The van der Waals surface area contributed by atoms with E-state index >= 15 is 0 Å². The highest BCUT2D eigenvalue weighted by molar-refractivity contribution is 9.10. The van der Waals surface area contributed by atoms with E-state index in [4.69, 9.17) is 16.6 Å². The van der Waals surface area contributed by atoms with Gasteiger partial charge >= 0.3 is 0 Å². The highest BCUT2D eigenvalue weighted by Gasteiger charge is 2.24. The van der Waals surface area contributed by atoms with E-state index < -0.39 is 0 Å². The standard InChI is InChI=1S/C22H21BrClN5/c1-3-11-28(4-2)14-21-27-26-20-13-25-22(16-7-5-6-8-18(16)24)17-10-9-15(23)12-19(17)29(20)21/h3,5-10,12H,1,4,11,13-14H2,2H3. The summed E-state index contributed by atoms with van der Waals surface area (Å²) in [5, 5.41) is 9.61. The van der Waals surface area contributed by atoms with Gasteiger partial charge in [-0.1, -0.05) is 58.7 Å². The molecule has 3 aromatic rings. The molecule has 0 fully saturated rings. The Kier molecular flexibility index (Phi) is 5.94. The molecule has 29 heavy (non-hydrogen) atoms. The van der Waals surface area contributed by atoms with E-state index in [1.807, 2.05) is 36.4 Å². The molecule has 0 radical (unpaired) electrons. The number of benzene rings is 2. The molecule has 1 aliphatic heterocycles. The van der Waals surface area contributed by atoms with Gasteiger partial charge in [-0.2, -0.15) is 0 Å². The van der Waals surface area contributed by atoms with Crippen LogP contribution in [0.2, 0.25) is 5.02 Å². The maximum Gasteiger partial charge on any atom is 0.159 e. The third-order valence-corrected chi connectivity index (χ3v) is 5.78. The summed E-state index contributed by atoms with van der Waals surface area (Å²) < 4.78 is 3.11. The van der Waals surface area contributed by atoms with Crippen LogP contribution in [-0.4, -0.2) is 38.5 Å². The van der Waals surface area contributed by atoms with E-state index in [2.05, 4.69) is 61.2 Å². The molecule has 0 unspecified atom stereocenters. The van der Waals surface area contributed by atoms with Crippen molar-refractivity contribution in [1.82, 2.24) is 19.7 Å². The smallest absolute Gasteiger partial charge is 0.159 e. The van der Waals surface area contributed by atoms with E-state index in [-0.39, 0.29) is 0 Å². The fraction of sp³-hybridized carbons (Fsp3) is 0.227. The molecule has 0 aliphatic carbocycles. The summed E-state index contributed by atoms with van der Waals surface area (Å²) >= 11 is 10.1. The molecule has 5 nitrogen and oxygen atoms in total. The maximum absolute atomic E-state index is 6.51. The van der Waals surface area contributed by atoms with Crippen LogP contribution in [0.15, 0.2) is 64.6 Å². The van der Waals surface area contributed by atoms with Crippen molar-refractivity contribution in [3.05, 3.63) is 87.4 Å². The topological polar surface area (TPSA) is 46.3 Å². The zero-order chi connectivity index (χ0) is 20.4. The Morgan fingerprint density at radius 2 is 2.03 bits per heavy atom. The number of nitrogens with zero attached hydrogens (tertiary/aromatic N) is 5. The van der Waals surface area contributed by atoms with E-state index in [1.165, 1.54) is 0 Å². The number of aliphatic imine (C=N–C) groups is 1. The van der Waals surface area contributed by atoms with Gasteiger partial charge in [0.1, 0.15) is 6.54 Å². The van der Waals surface area contributed by atoms with Gasteiger partial charge in [-0.05, 0) is 30.8 Å². The molecule has 148 valence electrons. The molecule has 0 saturated carbocycles. The fourth-order valence-corrected chi connectivity index (χ4v) is 4.11. The third kappa shape index (κ3) is 3.92. The molecule has 2 aromatic carbocycles. The first-order chi connectivity index (χ1) is 14.1. The van der Waals surface area contributed by atoms with E-state index in [0.717, 1.165) is 51.7 Å². The second-order valence-electron chi connectivity index (χ2n) is 6.79. The molecular weight excluding hydrogens is 450 g/mol. The van der Waals surface area contributed by atoms with Crippen molar-refractivity contribution < 1.29 is 0 Å². The summed E-state index contributed by atoms with van der Waals surface area (Å²) in [7, 11) is 0. The predicted octanol–water partition coefficient (Wildman–Crippen LogP) is 5.04. The summed E-state index contributed by atoms with van der Waals surface area (Å²) in [5.74, 6) is 1.70. The Balaban J connectivity index is 1.86. The van der Waals surface area contributed by atoms with Crippen molar-refractivity contribution in [1.29, 1.82) is 0 Å². The van der Waals surface area contributed by atoms with Crippen LogP contribution in [0, 0.1) is 0 Å². The second-order valence-corrected chi connectivity index (χ2v) is 8.11. The summed E-state index contributed by atoms with van der Waals surface area (Å²) in [6, 6.07) is 14.0. The van der Waals surface area contributed by atoms with Gasteiger partial charge in [-0.3, -0.25) is 14.5 Å². The van der Waals surface area contributed by atoms with Crippen LogP contribution in [-0.2, 0) is 13.1 Å². The maximum atomic E-state index is 6.51. The van der Waals surface area contributed by atoms with Gasteiger partial charge in [-0.15, -0.1) is 16.8 Å². The Morgan fingerprint density at radius 1 is 1.21 bits per heavy atom. The van der Waals surface area contributed by atoms with Gasteiger partial charge in [0.25, 0.3) is 0 Å². The molecule has 0 bridgehead atoms. The number of fused-ring (bicyclic) bond motifs is 3. The van der Waals surface area contributed by atoms with E-state index in [1.54, 1.807) is 0 Å². The first-order valence-electron chi connectivity index (χ1n) is 9.48. The second kappa shape index (κ2) is 8.61. The lowest BCUT2D eigenvalue weighted by atomic mass is 10.0. The van der Waals surface area contributed by atoms with Crippen molar-refractivity contribution in [3.63, 3.8) is 0 Å². The Bertz CT molecular complexity index is 1090. The van der Waals surface area contributed by atoms with Crippen molar-refractivity contribution in [2.45, 2.75) is 20.0 Å². The number of aromatic nitrogens is 3. The molecule has 0 saturated heterocycles. The van der Waals surface area contributed by atoms with Gasteiger partial charge in [0.2, 0.25) is 0 Å². The molecule has 1 aromatic heterocycles. The summed E-state index contributed by atoms with van der Waals surface area (Å²) in [6.45, 7) is 8.81. The molecule has 7 heteroatoms. The van der Waals surface area contributed by atoms with Crippen molar-refractivity contribution in [2.75, 3.05) is 13.1 Å². The number of hydrogen-bond donors (Lipinski definition) is 0. The van der Waals surface area contributed by atoms with E-state index in [0.29, 0.717) is 18.1 Å². The Hall–Kier alpha value is -2.28. The van der Waals surface area contributed by atoms with E-state index in [9.17, 15) is 0 Å². The highest BCUT2D eigenvalue weighted by Crippen LogP contribution is 2.30. The molecule has 2 heterocycles. The molecular formula is C22H21BrClN5. The molecule has 0 N–H and O–H groups in total. The van der Waals surface area contributed by atoms with Gasteiger partial charge < -0.3 is 0 Å². The monoisotopic (exact) mass is 469 g/mol. The normalized spacial score (nSPS) is 12.9. The average molecular weight is 471 g/mol. The minimum absolute atomic E-state index is 0.438. The zero-order valence-corrected chi connectivity index (χ0v) is 18.5. The van der Waals surface area contributed by atoms with Crippen LogP contribution in [0.4, 0.5) is 0 Å². The third-order valence-electron chi connectivity index (χ3n) is 4.96. The Morgan fingerprint density at radius 3 is 2.79 bits per heavy atom. The largest absolute Gasteiger partial charge is 0.293 e. The number of likely N-dealkylation sites (N-methyl/N-ethyl adjacent to an activating group) is 1. The number of halogens is 2. The summed E-state index contributed by atoms with van der Waals surface area (Å²) in [5.41, 5.74) is 3.79. The molecule has 0 spiro atoms. The molecule has 4 rings (SSSR count). The lowest BCUT2D eigenvalue weighted by Gasteiger charge is -2.19. The first kappa shape index (κ1) is 20.0. The van der Waals surface area contributed by atoms with Crippen LogP contribution < -0.4 is 0 Å². The summed E-state index contributed by atoms with van der Waals surface area (Å²) in [6.07, 6.45) is 1.91. The Labute approximate surface area is 183 Å². The number of rotatable bonds is 6. The SMILES string of the molecule is C=CCN(CC)Cc1nnc2n1-c1cc(Br)ccc1C(c1ccccc1Cl)=NC2. The van der Waals surface area contributed by atoms with Crippen LogP contribution in [0.5, 0.6) is 0 Å². The first-order valence-corrected chi connectivity index (χ1v) is 10.7.